The Morgan fingerprint density at radius 3 is 0.705 bits per heavy atom. The van der Waals surface area contributed by atoms with Gasteiger partial charge in [-0.2, -0.15) is 0 Å². The van der Waals surface area contributed by atoms with Gasteiger partial charge in [0.05, 0.1) is 80.7 Å². The van der Waals surface area contributed by atoms with Gasteiger partial charge in [-0.3, -0.25) is 0 Å². The maximum absolute atomic E-state index is 5.58. The van der Waals surface area contributed by atoms with E-state index in [9.17, 15) is 0 Å². The van der Waals surface area contributed by atoms with Gasteiger partial charge in [-0.1, -0.05) is 0 Å². The molecule has 2 aliphatic rings. The molecule has 0 amide bonds. The van der Waals surface area contributed by atoms with Gasteiger partial charge in [0.1, 0.15) is 28.2 Å². The number of aromatic amines is 2. The predicted octanol–water partition coefficient (Wildman–Crippen LogP) is 12.6. The zero-order chi connectivity index (χ0) is 42.3. The summed E-state index contributed by atoms with van der Waals surface area (Å²) >= 11 is 32.4. The molecule has 0 fully saturated rings. The van der Waals surface area contributed by atoms with E-state index in [1.165, 1.54) is 0 Å². The number of aromatic nitrogens is 8. The van der Waals surface area contributed by atoms with Crippen LogP contribution in [0, 0.1) is 0 Å². The minimum atomic E-state index is 0. The van der Waals surface area contributed by atoms with Crippen molar-refractivity contribution in [1.29, 1.82) is 0 Å². The van der Waals surface area contributed by atoms with Crippen LogP contribution in [0.2, 0.25) is 0 Å². The summed E-state index contributed by atoms with van der Waals surface area (Å²) in [5.41, 5.74) is 13.7. The molecule has 0 unspecified atom stereocenters. The molecule has 8 bridgehead atoms. The first-order chi connectivity index (χ1) is 28.7. The van der Waals surface area contributed by atoms with Crippen molar-refractivity contribution >= 4 is 167 Å². The molecule has 9 rings (SSSR count). The fourth-order valence-electron chi connectivity index (χ4n) is 7.36. The molecule has 0 aliphatic carbocycles. The molecule has 9 heterocycles. The van der Waals surface area contributed by atoms with E-state index in [-0.39, 0.29) is 17.1 Å². The SMILES string of the molecule is C[n+]1ccc(-c2c3nc(c(-c4cc[n+](C)cc4)c4[nH]c(c(Br)c4Br)c(-c4cc[n+](C)cc4)c4nc(c(-c5cc[n+](C)cc5)c5[nH]c2c(Br)c5Br)C(Br)=C4Br)C(Br)=C3Br)cc1.[Cu+2]. The van der Waals surface area contributed by atoms with Crippen molar-refractivity contribution < 1.29 is 35.3 Å². The molecular formula is C44H30Br8CuN8+6. The number of pyridine rings is 4. The summed E-state index contributed by atoms with van der Waals surface area (Å²) < 4.78 is 14.7. The Bertz CT molecular complexity index is 2770. The Balaban J connectivity index is 0.00000514. The van der Waals surface area contributed by atoms with Crippen LogP contribution in [0.3, 0.4) is 0 Å². The van der Waals surface area contributed by atoms with E-state index < -0.39 is 0 Å². The van der Waals surface area contributed by atoms with E-state index in [0.717, 1.165) is 125 Å². The van der Waals surface area contributed by atoms with E-state index in [0.29, 0.717) is 0 Å². The quantitative estimate of drug-likeness (QED) is 0.136. The molecule has 2 aliphatic heterocycles. The second-order valence-electron chi connectivity index (χ2n) is 14.4. The van der Waals surface area contributed by atoms with Crippen LogP contribution in [-0.2, 0) is 45.3 Å². The van der Waals surface area contributed by atoms with Gasteiger partial charge in [0.2, 0.25) is 0 Å². The van der Waals surface area contributed by atoms with Crippen LogP contribution in [-0.4, -0.2) is 19.9 Å². The molecule has 307 valence electrons. The molecule has 0 aromatic carbocycles. The number of rotatable bonds is 4. The van der Waals surface area contributed by atoms with E-state index in [1.807, 2.05) is 96.0 Å². The average molecular weight is 1370 g/mol. The number of hydrogen-bond acceptors (Lipinski definition) is 2. The fraction of sp³-hybridized carbons (Fsp3) is 0.0909. The molecule has 0 spiro atoms. The Morgan fingerprint density at radius 1 is 0.344 bits per heavy atom. The van der Waals surface area contributed by atoms with E-state index in [4.69, 9.17) is 9.97 Å². The minimum absolute atomic E-state index is 0. The molecule has 0 saturated heterocycles. The van der Waals surface area contributed by atoms with Crippen molar-refractivity contribution in [2.45, 2.75) is 0 Å². The van der Waals surface area contributed by atoms with Crippen molar-refractivity contribution in [3.8, 4) is 44.5 Å². The number of nitrogens with one attached hydrogen (secondary N) is 2. The summed E-state index contributed by atoms with van der Waals surface area (Å²) in [4.78, 5) is 18.9. The number of halogens is 8. The second-order valence-corrected chi connectivity index (χ2v) is 20.7. The summed E-state index contributed by atoms with van der Waals surface area (Å²) in [7, 11) is 8.05. The standard InChI is InChI=1S/C44H29Br8N8.Cu/c1-57-13-5-21(6-14-57)25-37-29(45)31(47)39(53-37)26(22-7-15-58(2)16-8-22)41-33(49)35(51)43(55-41)28(24-11-19-60(4)20-12-24)44-36(52)34(50)42(56-44)27(23-9-17-59(3)18-10-23)40-32(48)30(46)38(25)54-40;/h5-20H,1-4H3,(H,53,54,55,56);/q+3;+2/p+1. The number of aryl methyl sites for hydroxylation is 4. The summed E-state index contributed by atoms with van der Waals surface area (Å²) in [6.45, 7) is 0. The van der Waals surface area contributed by atoms with Gasteiger partial charge in [0.25, 0.3) is 0 Å². The molecule has 1 radical (unpaired) electrons. The first kappa shape index (κ1) is 45.1. The molecule has 17 heteroatoms. The van der Waals surface area contributed by atoms with Crippen molar-refractivity contribution in [1.82, 2.24) is 19.9 Å². The summed E-state index contributed by atoms with van der Waals surface area (Å²) in [6.07, 6.45) is 16.4. The number of nitrogens with zero attached hydrogens (tertiary/aromatic N) is 6. The zero-order valence-electron chi connectivity index (χ0n) is 32.2. The molecule has 2 N–H and O–H groups in total. The van der Waals surface area contributed by atoms with Gasteiger partial charge in [0.15, 0.2) is 49.6 Å². The van der Waals surface area contributed by atoms with E-state index in [2.05, 4.69) is 186 Å². The monoisotopic (exact) mass is 1360 g/mol. The van der Waals surface area contributed by atoms with Gasteiger partial charge in [-0.25, -0.2) is 28.2 Å². The summed E-state index contributed by atoms with van der Waals surface area (Å²) in [5, 5.41) is 0. The van der Waals surface area contributed by atoms with Crippen LogP contribution in [0.5, 0.6) is 0 Å². The normalized spacial score (nSPS) is 12.7. The molecular weight excluding hydrogens is 1340 g/mol. The van der Waals surface area contributed by atoms with Crippen LogP contribution in [0.25, 0.3) is 84.5 Å². The number of fused-ring (bicyclic) bond motifs is 8. The molecule has 0 atom stereocenters. The summed E-state index contributed by atoms with van der Waals surface area (Å²) in [5.74, 6) is 0. The third kappa shape index (κ3) is 7.94. The number of hydrogen-bond donors (Lipinski definition) is 2. The van der Waals surface area contributed by atoms with Gasteiger partial charge in [-0.15, -0.1) is 0 Å². The molecule has 8 nitrogen and oxygen atoms in total. The molecule has 61 heavy (non-hydrogen) atoms. The molecule has 7 aromatic heterocycles. The third-order valence-corrected chi connectivity index (χ3v) is 18.8. The van der Waals surface area contributed by atoms with Crippen LogP contribution in [0.15, 0.2) is 116 Å². The first-order valence-corrected chi connectivity index (χ1v) is 24.6. The number of H-pyrrole nitrogens is 2. The molecule has 0 saturated carbocycles. The van der Waals surface area contributed by atoms with Crippen LogP contribution in [0.4, 0.5) is 0 Å². The van der Waals surface area contributed by atoms with Crippen molar-refractivity contribution in [3.63, 3.8) is 0 Å². The fourth-order valence-corrected chi connectivity index (χ4v) is 11.2. The van der Waals surface area contributed by atoms with E-state index in [1.54, 1.807) is 0 Å². The Labute approximate surface area is 429 Å². The van der Waals surface area contributed by atoms with Gasteiger partial charge in [-0.05, 0) is 150 Å². The van der Waals surface area contributed by atoms with Crippen LogP contribution >= 0.6 is 127 Å². The van der Waals surface area contributed by atoms with Crippen molar-refractivity contribution in [2.24, 2.45) is 28.2 Å². The largest absolute Gasteiger partial charge is 2.00 e. The Kier molecular flexibility index (Phi) is 13.2. The van der Waals surface area contributed by atoms with Crippen LogP contribution in [0.1, 0.15) is 22.8 Å². The van der Waals surface area contributed by atoms with Gasteiger partial charge < -0.3 is 9.97 Å². The second kappa shape index (κ2) is 17.9. The summed E-state index contributed by atoms with van der Waals surface area (Å²) in [6, 6.07) is 16.9. The maximum atomic E-state index is 5.58. The topological polar surface area (TPSA) is 72.9 Å². The zero-order valence-corrected chi connectivity index (χ0v) is 45.9. The van der Waals surface area contributed by atoms with Gasteiger partial charge in [0, 0.05) is 70.8 Å². The van der Waals surface area contributed by atoms with Gasteiger partial charge >= 0.3 is 17.1 Å². The average Bonchev–Trinajstić information content (AvgIpc) is 3.89. The van der Waals surface area contributed by atoms with Crippen molar-refractivity contribution in [2.75, 3.05) is 0 Å². The first-order valence-electron chi connectivity index (χ1n) is 18.2. The van der Waals surface area contributed by atoms with Crippen LogP contribution < -0.4 is 18.3 Å². The Morgan fingerprint density at radius 2 is 0.525 bits per heavy atom. The molecule has 7 aromatic rings. The smallest absolute Gasteiger partial charge is 0.352 e. The maximum Gasteiger partial charge on any atom is 2.00 e. The predicted molar refractivity (Wildman–Crippen MR) is 268 cm³/mol. The third-order valence-electron chi connectivity index (χ3n) is 10.4. The van der Waals surface area contributed by atoms with E-state index >= 15 is 0 Å². The van der Waals surface area contributed by atoms with Crippen molar-refractivity contribution in [3.05, 3.63) is 139 Å². The Hall–Kier alpha value is -2.44. The minimum Gasteiger partial charge on any atom is -0.352 e.